The Morgan fingerprint density at radius 3 is 2.85 bits per heavy atom. The van der Waals surface area contributed by atoms with Gasteiger partial charge in [-0.2, -0.15) is 0 Å². The molecule has 3 atom stereocenters. The van der Waals surface area contributed by atoms with E-state index in [-0.39, 0.29) is 18.0 Å². The van der Waals surface area contributed by atoms with E-state index in [0.717, 1.165) is 6.42 Å². The topological polar surface area (TPSA) is 98.7 Å². The summed E-state index contributed by atoms with van der Waals surface area (Å²) < 4.78 is 0. The van der Waals surface area contributed by atoms with Crippen molar-refractivity contribution >= 4 is 17.9 Å². The number of carboxylic acid groups (broad SMARTS) is 1. The lowest BCUT2D eigenvalue weighted by atomic mass is 9.85. The number of hydrogen-bond acceptors (Lipinski definition) is 3. The minimum absolute atomic E-state index is 0.182. The van der Waals surface area contributed by atoms with Crippen molar-refractivity contribution in [3.8, 4) is 0 Å². The molecule has 1 aliphatic heterocycles. The van der Waals surface area contributed by atoms with Crippen LogP contribution in [0.2, 0.25) is 0 Å². The zero-order valence-electron chi connectivity index (χ0n) is 11.8. The fourth-order valence-corrected chi connectivity index (χ4v) is 2.95. The van der Waals surface area contributed by atoms with Crippen LogP contribution in [-0.2, 0) is 9.59 Å². The second kappa shape index (κ2) is 5.30. The molecule has 7 nitrogen and oxygen atoms in total. The molecular formula is C13H21N3O4. The molecule has 2 rings (SSSR count). The first-order valence-corrected chi connectivity index (χ1v) is 6.94. The van der Waals surface area contributed by atoms with Crippen LogP contribution < -0.4 is 10.6 Å². The third-order valence-corrected chi connectivity index (χ3v) is 4.50. The van der Waals surface area contributed by atoms with Crippen LogP contribution in [0.4, 0.5) is 4.79 Å². The quantitative estimate of drug-likeness (QED) is 0.672. The summed E-state index contributed by atoms with van der Waals surface area (Å²) in [5, 5.41) is 14.8. The molecule has 112 valence electrons. The smallest absolute Gasteiger partial charge is 0.318 e. The van der Waals surface area contributed by atoms with Gasteiger partial charge in [0.05, 0.1) is 5.41 Å². The Morgan fingerprint density at radius 1 is 1.50 bits per heavy atom. The van der Waals surface area contributed by atoms with Crippen LogP contribution in [0.25, 0.3) is 0 Å². The predicted octanol–water partition coefficient (Wildman–Crippen LogP) is 0.160. The minimum atomic E-state index is -0.920. The molecule has 3 N–H and O–H groups in total. The average Bonchev–Trinajstić information content (AvgIpc) is 2.75. The van der Waals surface area contributed by atoms with Crippen molar-refractivity contribution in [2.24, 2.45) is 5.41 Å². The highest BCUT2D eigenvalue weighted by Crippen LogP contribution is 2.38. The van der Waals surface area contributed by atoms with Crippen molar-refractivity contribution in [2.45, 2.75) is 45.2 Å². The van der Waals surface area contributed by atoms with Gasteiger partial charge in [-0.3, -0.25) is 9.59 Å². The lowest BCUT2D eigenvalue weighted by molar-refractivity contribution is -0.148. The number of rotatable bonds is 2. The summed E-state index contributed by atoms with van der Waals surface area (Å²) in [4.78, 5) is 36.7. The van der Waals surface area contributed by atoms with Gasteiger partial charge >= 0.3 is 12.0 Å². The highest BCUT2D eigenvalue weighted by molar-refractivity contribution is 5.88. The molecule has 2 fully saturated rings. The zero-order chi connectivity index (χ0) is 14.9. The van der Waals surface area contributed by atoms with Crippen molar-refractivity contribution in [3.05, 3.63) is 0 Å². The summed E-state index contributed by atoms with van der Waals surface area (Å²) in [5.41, 5.74) is -0.920. The van der Waals surface area contributed by atoms with Gasteiger partial charge in [-0.05, 0) is 26.7 Å². The third kappa shape index (κ3) is 2.44. The van der Waals surface area contributed by atoms with Gasteiger partial charge in [0.15, 0.2) is 0 Å². The maximum absolute atomic E-state index is 12.3. The number of nitrogens with one attached hydrogen (secondary N) is 2. The molecule has 3 amide bonds. The fourth-order valence-electron chi connectivity index (χ4n) is 2.95. The van der Waals surface area contributed by atoms with Crippen LogP contribution in [0, 0.1) is 5.41 Å². The van der Waals surface area contributed by atoms with E-state index in [4.69, 9.17) is 0 Å². The van der Waals surface area contributed by atoms with Gasteiger partial charge < -0.3 is 20.6 Å². The lowest BCUT2D eigenvalue weighted by Gasteiger charge is -2.35. The molecule has 0 spiro atoms. The summed E-state index contributed by atoms with van der Waals surface area (Å²) in [7, 11) is 0. The van der Waals surface area contributed by atoms with Gasteiger partial charge in [0.2, 0.25) is 5.91 Å². The Labute approximate surface area is 117 Å². The number of carbonyl (C=O) groups is 3. The molecule has 0 aromatic heterocycles. The predicted molar refractivity (Wildman–Crippen MR) is 71.1 cm³/mol. The van der Waals surface area contributed by atoms with Crippen LogP contribution in [0.15, 0.2) is 0 Å². The minimum Gasteiger partial charge on any atom is -0.481 e. The molecule has 0 aromatic rings. The Bertz CT molecular complexity index is 439. The second-order valence-electron chi connectivity index (χ2n) is 5.78. The van der Waals surface area contributed by atoms with E-state index in [1.54, 1.807) is 13.8 Å². The first-order chi connectivity index (χ1) is 9.36. The van der Waals surface area contributed by atoms with Crippen LogP contribution in [0.1, 0.15) is 33.1 Å². The van der Waals surface area contributed by atoms with Gasteiger partial charge in [0, 0.05) is 19.1 Å². The molecule has 7 heteroatoms. The van der Waals surface area contributed by atoms with Gasteiger partial charge in [0.1, 0.15) is 6.04 Å². The number of carbonyl (C=O) groups excluding carboxylic acids is 2. The van der Waals surface area contributed by atoms with Gasteiger partial charge in [-0.1, -0.05) is 6.42 Å². The Hall–Kier alpha value is -1.79. The fraction of sp³-hybridized carbons (Fsp3) is 0.769. The first kappa shape index (κ1) is 14.6. The molecule has 1 aliphatic carbocycles. The van der Waals surface area contributed by atoms with Crippen LogP contribution in [0.3, 0.4) is 0 Å². The van der Waals surface area contributed by atoms with E-state index in [2.05, 4.69) is 10.6 Å². The van der Waals surface area contributed by atoms with E-state index in [9.17, 15) is 19.5 Å². The Morgan fingerprint density at radius 2 is 2.20 bits per heavy atom. The largest absolute Gasteiger partial charge is 0.481 e. The lowest BCUT2D eigenvalue weighted by Crippen LogP contribution is -2.60. The van der Waals surface area contributed by atoms with E-state index >= 15 is 0 Å². The SMILES string of the molecule is CC1C(=O)NCCN1C(=O)NC1CCCC1(C)C(=O)O. The summed E-state index contributed by atoms with van der Waals surface area (Å²) in [5.74, 6) is -1.07. The third-order valence-electron chi connectivity index (χ3n) is 4.50. The van der Waals surface area contributed by atoms with Crippen LogP contribution >= 0.6 is 0 Å². The summed E-state index contributed by atoms with van der Waals surface area (Å²) in [6.45, 7) is 4.20. The maximum atomic E-state index is 12.3. The monoisotopic (exact) mass is 283 g/mol. The van der Waals surface area contributed by atoms with Crippen LogP contribution in [-0.4, -0.2) is 53.1 Å². The highest BCUT2D eigenvalue weighted by atomic mass is 16.4. The average molecular weight is 283 g/mol. The van der Waals surface area contributed by atoms with Crippen molar-refractivity contribution < 1.29 is 19.5 Å². The number of hydrogen-bond donors (Lipinski definition) is 3. The van der Waals surface area contributed by atoms with Crippen molar-refractivity contribution in [3.63, 3.8) is 0 Å². The Balaban J connectivity index is 2.04. The van der Waals surface area contributed by atoms with E-state index in [1.807, 2.05) is 0 Å². The van der Waals surface area contributed by atoms with E-state index in [0.29, 0.717) is 25.9 Å². The Kier molecular flexibility index (Phi) is 3.87. The normalized spacial score (nSPS) is 33.7. The van der Waals surface area contributed by atoms with Crippen molar-refractivity contribution in [1.29, 1.82) is 0 Å². The van der Waals surface area contributed by atoms with Crippen molar-refractivity contribution in [2.75, 3.05) is 13.1 Å². The molecule has 2 aliphatic rings. The maximum Gasteiger partial charge on any atom is 0.318 e. The first-order valence-electron chi connectivity index (χ1n) is 6.94. The molecular weight excluding hydrogens is 262 g/mol. The molecule has 20 heavy (non-hydrogen) atoms. The number of nitrogens with zero attached hydrogens (tertiary/aromatic N) is 1. The van der Waals surface area contributed by atoms with E-state index < -0.39 is 17.4 Å². The highest BCUT2D eigenvalue weighted by Gasteiger charge is 2.46. The summed E-state index contributed by atoms with van der Waals surface area (Å²) in [6.07, 6.45) is 2.00. The second-order valence-corrected chi connectivity index (χ2v) is 5.78. The number of aliphatic carboxylic acids is 1. The molecule has 0 aromatic carbocycles. The van der Waals surface area contributed by atoms with Gasteiger partial charge in [0.25, 0.3) is 0 Å². The number of carboxylic acids is 1. The van der Waals surface area contributed by atoms with Gasteiger partial charge in [-0.25, -0.2) is 4.79 Å². The molecule has 1 saturated carbocycles. The molecule has 0 radical (unpaired) electrons. The molecule has 3 unspecified atom stereocenters. The number of amides is 3. The van der Waals surface area contributed by atoms with E-state index in [1.165, 1.54) is 4.90 Å². The van der Waals surface area contributed by atoms with Gasteiger partial charge in [-0.15, -0.1) is 0 Å². The molecule has 1 heterocycles. The standard InChI is InChI=1S/C13H21N3O4/c1-8-10(17)14-6-7-16(8)12(20)15-9-4-3-5-13(9,2)11(18)19/h8-9H,3-7H2,1-2H3,(H,14,17)(H,15,20)(H,18,19). The number of urea groups is 1. The van der Waals surface area contributed by atoms with Crippen LogP contribution in [0.5, 0.6) is 0 Å². The summed E-state index contributed by atoms with van der Waals surface area (Å²) >= 11 is 0. The van der Waals surface area contributed by atoms with Crippen molar-refractivity contribution in [1.82, 2.24) is 15.5 Å². The molecule has 0 bridgehead atoms. The zero-order valence-corrected chi connectivity index (χ0v) is 11.8. The summed E-state index contributed by atoms with van der Waals surface area (Å²) in [6, 6.07) is -1.27. The number of piperazine rings is 1. The molecule has 1 saturated heterocycles.